The van der Waals surface area contributed by atoms with Gasteiger partial charge in [0.2, 0.25) is 11.8 Å². The molecule has 0 aromatic carbocycles. The maximum Gasteiger partial charge on any atom is 0.329 e. The molecule has 0 spiro atoms. The number of hydrogen-bond donors (Lipinski definition) is 2. The van der Waals surface area contributed by atoms with E-state index in [1.807, 2.05) is 13.8 Å². The van der Waals surface area contributed by atoms with Crippen LogP contribution in [0.3, 0.4) is 0 Å². The van der Waals surface area contributed by atoms with Gasteiger partial charge in [-0.05, 0) is 13.8 Å². The molecule has 7 nitrogen and oxygen atoms in total. The molecule has 1 aromatic heterocycles. The highest BCUT2D eigenvalue weighted by Crippen LogP contribution is 2.18. The Balaban J connectivity index is 2.94. The Morgan fingerprint density at radius 2 is 2.29 bits per heavy atom. The third-order valence-electron chi connectivity index (χ3n) is 1.41. The van der Waals surface area contributed by atoms with E-state index in [9.17, 15) is 10.1 Å². The van der Waals surface area contributed by atoms with Crippen molar-refractivity contribution in [1.29, 1.82) is 0 Å². The van der Waals surface area contributed by atoms with Gasteiger partial charge in [-0.25, -0.2) is 4.98 Å². The zero-order valence-electron chi connectivity index (χ0n) is 7.89. The first kappa shape index (κ1) is 10.2. The van der Waals surface area contributed by atoms with Crippen LogP contribution in [0.15, 0.2) is 6.20 Å². The molecule has 0 atom stereocenters. The Bertz CT molecular complexity index is 352. The maximum atomic E-state index is 10.4. The van der Waals surface area contributed by atoms with Crippen molar-refractivity contribution < 1.29 is 4.92 Å². The van der Waals surface area contributed by atoms with Crippen molar-refractivity contribution in [2.45, 2.75) is 19.9 Å². The summed E-state index contributed by atoms with van der Waals surface area (Å²) in [5.74, 6) is 0.163. The standard InChI is InChI=1S/C7H11N5O2/c1-4(2)10-7-9-3-5(12(13)14)6(8)11-7/h3-4H,1-2H3,(H3,8,9,10,11). The summed E-state index contributed by atoms with van der Waals surface area (Å²) in [6, 6.07) is 0.149. The molecule has 0 aliphatic carbocycles. The minimum absolute atomic E-state index is 0.131. The average Bonchev–Trinajstić information content (AvgIpc) is 2.01. The first-order valence-electron chi connectivity index (χ1n) is 4.04. The predicted octanol–water partition coefficient (Wildman–Crippen LogP) is 0.787. The molecule has 0 saturated carbocycles. The summed E-state index contributed by atoms with van der Waals surface area (Å²) in [7, 11) is 0. The highest BCUT2D eigenvalue weighted by Gasteiger charge is 2.14. The molecule has 0 saturated heterocycles. The van der Waals surface area contributed by atoms with Gasteiger partial charge in [-0.3, -0.25) is 10.1 Å². The van der Waals surface area contributed by atoms with E-state index in [0.717, 1.165) is 6.20 Å². The van der Waals surface area contributed by atoms with Crippen LogP contribution in [0.4, 0.5) is 17.5 Å². The van der Waals surface area contributed by atoms with Crippen molar-refractivity contribution in [3.63, 3.8) is 0 Å². The lowest BCUT2D eigenvalue weighted by Crippen LogP contribution is -2.13. The van der Waals surface area contributed by atoms with Gasteiger partial charge in [-0.2, -0.15) is 4.98 Å². The molecule has 0 aliphatic rings. The van der Waals surface area contributed by atoms with Gasteiger partial charge in [-0.15, -0.1) is 0 Å². The van der Waals surface area contributed by atoms with Gasteiger partial charge in [0.05, 0.1) is 4.92 Å². The maximum absolute atomic E-state index is 10.4. The third kappa shape index (κ3) is 2.28. The minimum atomic E-state index is -0.617. The summed E-state index contributed by atoms with van der Waals surface area (Å²) < 4.78 is 0. The number of nitrogens with one attached hydrogen (secondary N) is 1. The van der Waals surface area contributed by atoms with E-state index >= 15 is 0 Å². The van der Waals surface area contributed by atoms with E-state index in [1.54, 1.807) is 0 Å². The Labute approximate surface area is 80.5 Å². The summed E-state index contributed by atoms with van der Waals surface area (Å²) in [5, 5.41) is 13.3. The molecule has 1 rings (SSSR count). The Morgan fingerprint density at radius 1 is 1.64 bits per heavy atom. The Hall–Kier alpha value is -1.92. The van der Waals surface area contributed by atoms with Crippen LogP contribution >= 0.6 is 0 Å². The normalized spacial score (nSPS) is 10.2. The van der Waals surface area contributed by atoms with E-state index in [0.29, 0.717) is 5.95 Å². The Morgan fingerprint density at radius 3 is 2.71 bits per heavy atom. The number of nitro groups is 1. The second kappa shape index (κ2) is 3.86. The van der Waals surface area contributed by atoms with Gasteiger partial charge in [-0.1, -0.05) is 0 Å². The van der Waals surface area contributed by atoms with Crippen LogP contribution in [0.25, 0.3) is 0 Å². The van der Waals surface area contributed by atoms with Gasteiger partial charge >= 0.3 is 5.69 Å². The predicted molar refractivity (Wildman–Crippen MR) is 51.9 cm³/mol. The molecule has 3 N–H and O–H groups in total. The summed E-state index contributed by atoms with van der Waals surface area (Å²) in [6.07, 6.45) is 1.09. The summed E-state index contributed by atoms with van der Waals surface area (Å²) in [5.41, 5.74) is 5.09. The van der Waals surface area contributed by atoms with Gasteiger partial charge < -0.3 is 11.1 Å². The molecule has 1 heterocycles. The first-order valence-corrected chi connectivity index (χ1v) is 4.04. The van der Waals surface area contributed by atoms with E-state index < -0.39 is 4.92 Å². The first-order chi connectivity index (χ1) is 6.50. The number of aromatic nitrogens is 2. The molecule has 0 amide bonds. The van der Waals surface area contributed by atoms with Crippen LogP contribution in [-0.2, 0) is 0 Å². The molecule has 7 heteroatoms. The number of hydrogen-bond acceptors (Lipinski definition) is 6. The minimum Gasteiger partial charge on any atom is -0.378 e. The lowest BCUT2D eigenvalue weighted by molar-refractivity contribution is -0.384. The van der Waals surface area contributed by atoms with Gasteiger partial charge in [0.15, 0.2) is 0 Å². The summed E-state index contributed by atoms with van der Waals surface area (Å²) in [6.45, 7) is 3.81. The largest absolute Gasteiger partial charge is 0.378 e. The van der Waals surface area contributed by atoms with Crippen molar-refractivity contribution in [2.24, 2.45) is 0 Å². The third-order valence-corrected chi connectivity index (χ3v) is 1.41. The second-order valence-electron chi connectivity index (χ2n) is 3.02. The Kier molecular flexibility index (Phi) is 2.80. The fourth-order valence-corrected chi connectivity index (χ4v) is 0.857. The zero-order valence-corrected chi connectivity index (χ0v) is 7.89. The van der Waals surface area contributed by atoms with E-state index in [4.69, 9.17) is 5.73 Å². The second-order valence-corrected chi connectivity index (χ2v) is 3.02. The van der Waals surface area contributed by atoms with E-state index in [1.165, 1.54) is 0 Å². The fraction of sp³-hybridized carbons (Fsp3) is 0.429. The van der Waals surface area contributed by atoms with Crippen LogP contribution in [0.2, 0.25) is 0 Å². The number of nitrogens with two attached hydrogens (primary N) is 1. The van der Waals surface area contributed by atoms with Crippen molar-refractivity contribution in [1.82, 2.24) is 9.97 Å². The number of nitrogens with zero attached hydrogens (tertiary/aromatic N) is 3. The van der Waals surface area contributed by atoms with Crippen molar-refractivity contribution in [3.8, 4) is 0 Å². The van der Waals surface area contributed by atoms with Crippen LogP contribution in [0, 0.1) is 10.1 Å². The molecule has 76 valence electrons. The molecule has 0 radical (unpaired) electrons. The molecular weight excluding hydrogens is 186 g/mol. The van der Waals surface area contributed by atoms with Gasteiger partial charge in [0.25, 0.3) is 0 Å². The van der Waals surface area contributed by atoms with Crippen molar-refractivity contribution >= 4 is 17.5 Å². The van der Waals surface area contributed by atoms with E-state index in [-0.39, 0.29) is 17.5 Å². The molecule has 0 unspecified atom stereocenters. The van der Waals surface area contributed by atoms with Crippen molar-refractivity contribution in [3.05, 3.63) is 16.3 Å². The number of anilines is 2. The average molecular weight is 197 g/mol. The highest BCUT2D eigenvalue weighted by atomic mass is 16.6. The lowest BCUT2D eigenvalue weighted by Gasteiger charge is -2.07. The van der Waals surface area contributed by atoms with Gasteiger partial charge in [0, 0.05) is 6.04 Å². The quantitative estimate of drug-likeness (QED) is 0.547. The topological polar surface area (TPSA) is 107 Å². The highest BCUT2D eigenvalue weighted by molar-refractivity contribution is 5.53. The molecular formula is C7H11N5O2. The van der Waals surface area contributed by atoms with Crippen LogP contribution in [-0.4, -0.2) is 20.9 Å². The van der Waals surface area contributed by atoms with Crippen LogP contribution in [0.1, 0.15) is 13.8 Å². The number of nitrogen functional groups attached to an aromatic ring is 1. The van der Waals surface area contributed by atoms with E-state index in [2.05, 4.69) is 15.3 Å². The van der Waals surface area contributed by atoms with Crippen molar-refractivity contribution in [2.75, 3.05) is 11.1 Å². The summed E-state index contributed by atoms with van der Waals surface area (Å²) in [4.78, 5) is 17.3. The van der Waals surface area contributed by atoms with Gasteiger partial charge in [0.1, 0.15) is 6.20 Å². The molecule has 0 bridgehead atoms. The lowest BCUT2D eigenvalue weighted by atomic mass is 10.4. The number of rotatable bonds is 3. The molecule has 0 fully saturated rings. The molecule has 14 heavy (non-hydrogen) atoms. The SMILES string of the molecule is CC(C)Nc1ncc([N+](=O)[O-])c(N)n1. The fourth-order valence-electron chi connectivity index (χ4n) is 0.857. The monoisotopic (exact) mass is 197 g/mol. The molecule has 1 aromatic rings. The summed E-state index contributed by atoms with van der Waals surface area (Å²) >= 11 is 0. The van der Waals surface area contributed by atoms with Crippen LogP contribution in [0.5, 0.6) is 0 Å². The zero-order chi connectivity index (χ0) is 10.7. The smallest absolute Gasteiger partial charge is 0.329 e. The van der Waals surface area contributed by atoms with Crippen LogP contribution < -0.4 is 11.1 Å². The molecule has 0 aliphatic heterocycles.